The first-order chi connectivity index (χ1) is 13.4. The zero-order valence-corrected chi connectivity index (χ0v) is 20.2. The van der Waals surface area contributed by atoms with Gasteiger partial charge in [-0.15, -0.1) is 0 Å². The van der Waals surface area contributed by atoms with E-state index < -0.39 is 5.97 Å². The van der Waals surface area contributed by atoms with Crippen LogP contribution in [0.5, 0.6) is 5.75 Å². The summed E-state index contributed by atoms with van der Waals surface area (Å²) in [5.41, 5.74) is 0.284. The van der Waals surface area contributed by atoms with Crippen molar-refractivity contribution in [3.63, 3.8) is 0 Å². The molecule has 0 aliphatic rings. The van der Waals surface area contributed by atoms with Crippen molar-refractivity contribution in [1.29, 1.82) is 0 Å². The maximum Gasteiger partial charge on any atom is 0.349 e. The second-order valence-electron chi connectivity index (χ2n) is 7.52. The summed E-state index contributed by atoms with van der Waals surface area (Å²) >= 11 is 0. The van der Waals surface area contributed by atoms with Gasteiger partial charge in [0.2, 0.25) is 0 Å². The molecule has 0 heterocycles. The van der Waals surface area contributed by atoms with Crippen molar-refractivity contribution >= 4 is 11.9 Å². The summed E-state index contributed by atoms with van der Waals surface area (Å²) in [4.78, 5) is 15.2. The number of rotatable bonds is 12. The van der Waals surface area contributed by atoms with Gasteiger partial charge in [0.1, 0.15) is 5.75 Å². The zero-order valence-electron chi connectivity index (χ0n) is 18.7. The molecule has 0 saturated carbocycles. The molecule has 0 aromatic heterocycles. The van der Waals surface area contributed by atoms with Gasteiger partial charge in [-0.05, 0) is 49.9 Å². The Morgan fingerprint density at radius 3 is 2.00 bits per heavy atom. The molecular formula is C22H38BrN3O3. The lowest BCUT2D eigenvalue weighted by atomic mass is 10.2. The lowest BCUT2D eigenvalue weighted by molar-refractivity contribution is -0.538. The number of aromatic carboxylic acids is 1. The Morgan fingerprint density at radius 1 is 0.931 bits per heavy atom. The fraction of sp³-hybridized carbons (Fsp3) is 0.636. The second kappa shape index (κ2) is 15.1. The van der Waals surface area contributed by atoms with Crippen LogP contribution in [-0.2, 0) is 0 Å². The average Bonchev–Trinajstić information content (AvgIpc) is 2.64. The van der Waals surface area contributed by atoms with Gasteiger partial charge >= 0.3 is 11.9 Å². The molecule has 0 fully saturated rings. The zero-order chi connectivity index (χ0) is 20.9. The molecular weight excluding hydrogens is 434 g/mol. The quantitative estimate of drug-likeness (QED) is 0.209. The number of guanidine groups is 1. The minimum Gasteiger partial charge on any atom is -1.00 e. The average molecular weight is 472 g/mol. The Morgan fingerprint density at radius 2 is 1.48 bits per heavy atom. The third-order valence-electron chi connectivity index (χ3n) is 4.56. The van der Waals surface area contributed by atoms with Crippen molar-refractivity contribution in [2.75, 3.05) is 47.9 Å². The van der Waals surface area contributed by atoms with Crippen LogP contribution in [0.3, 0.4) is 0 Å². The number of hydrogen-bond donors (Lipinski definition) is 1. The first kappa shape index (κ1) is 27.2. The van der Waals surface area contributed by atoms with E-state index in [0.717, 1.165) is 31.7 Å². The number of nitrogens with zero attached hydrogens (tertiary/aromatic N) is 3. The van der Waals surface area contributed by atoms with Crippen LogP contribution in [0.2, 0.25) is 0 Å². The molecule has 0 spiro atoms. The number of carboxylic acid groups (broad SMARTS) is 1. The molecule has 7 heteroatoms. The van der Waals surface area contributed by atoms with Gasteiger partial charge < -0.3 is 26.8 Å². The number of ether oxygens (including phenoxy) is 1. The predicted octanol–water partition coefficient (Wildman–Crippen LogP) is 0.620. The highest BCUT2D eigenvalue weighted by Crippen LogP contribution is 2.13. The van der Waals surface area contributed by atoms with E-state index in [-0.39, 0.29) is 22.5 Å². The molecule has 0 radical (unpaired) electrons. The van der Waals surface area contributed by atoms with Gasteiger partial charge in [0.25, 0.3) is 0 Å². The fourth-order valence-electron chi connectivity index (χ4n) is 3.27. The Labute approximate surface area is 186 Å². The molecule has 29 heavy (non-hydrogen) atoms. The molecule has 0 bridgehead atoms. The summed E-state index contributed by atoms with van der Waals surface area (Å²) in [6.07, 6.45) is 6.90. The van der Waals surface area contributed by atoms with Gasteiger partial charge in [-0.1, -0.05) is 19.8 Å². The second-order valence-corrected chi connectivity index (χ2v) is 7.52. The standard InChI is InChI=1S/C22H37N3O3.BrH/c1-6-7-16-25(22(23(2)3)24(4)5)17-10-8-9-11-18-28-20-14-12-19(13-15-20)21(26)27;/h12-15H,6-11,16-18H2,1-5H3;1H. The van der Waals surface area contributed by atoms with Crippen molar-refractivity contribution in [3.05, 3.63) is 29.8 Å². The lowest BCUT2D eigenvalue weighted by Gasteiger charge is -2.21. The molecule has 0 amide bonds. The highest BCUT2D eigenvalue weighted by Gasteiger charge is 2.17. The van der Waals surface area contributed by atoms with Gasteiger partial charge in [0.05, 0.1) is 53.5 Å². The fourth-order valence-corrected chi connectivity index (χ4v) is 3.27. The summed E-state index contributed by atoms with van der Waals surface area (Å²) in [7, 11) is 8.42. The largest absolute Gasteiger partial charge is 1.00 e. The minimum absolute atomic E-state index is 0. The summed E-state index contributed by atoms with van der Waals surface area (Å²) in [6.45, 7) is 5.07. The van der Waals surface area contributed by atoms with Gasteiger partial charge in [-0.3, -0.25) is 14.4 Å². The molecule has 0 unspecified atom stereocenters. The van der Waals surface area contributed by atoms with Crippen molar-refractivity contribution in [3.8, 4) is 5.75 Å². The van der Waals surface area contributed by atoms with Crippen molar-refractivity contribution < 1.29 is 36.2 Å². The maximum absolute atomic E-state index is 10.8. The number of carboxylic acids is 1. The molecule has 1 rings (SSSR count). The number of unbranched alkanes of at least 4 members (excludes halogenated alkanes) is 4. The number of carbonyl (C=O) groups is 1. The van der Waals surface area contributed by atoms with Crippen molar-refractivity contribution in [2.45, 2.75) is 45.4 Å². The van der Waals surface area contributed by atoms with Crippen LogP contribution in [0.4, 0.5) is 0 Å². The predicted molar refractivity (Wildman–Crippen MR) is 115 cm³/mol. The molecule has 6 nitrogen and oxygen atoms in total. The van der Waals surface area contributed by atoms with Gasteiger partial charge in [-0.25, -0.2) is 4.79 Å². The van der Waals surface area contributed by atoms with Crippen molar-refractivity contribution in [1.82, 2.24) is 9.80 Å². The van der Waals surface area contributed by atoms with E-state index in [9.17, 15) is 4.79 Å². The molecule has 0 saturated heterocycles. The lowest BCUT2D eigenvalue weighted by Crippen LogP contribution is -3.00. The highest BCUT2D eigenvalue weighted by molar-refractivity contribution is 5.87. The van der Waals surface area contributed by atoms with Gasteiger partial charge in [0, 0.05) is 0 Å². The Bertz CT molecular complexity index is 606. The van der Waals surface area contributed by atoms with Gasteiger partial charge in [-0.2, -0.15) is 0 Å². The van der Waals surface area contributed by atoms with E-state index in [0.29, 0.717) is 6.61 Å². The van der Waals surface area contributed by atoms with Crippen LogP contribution >= 0.6 is 0 Å². The minimum atomic E-state index is -0.913. The summed E-state index contributed by atoms with van der Waals surface area (Å²) in [5, 5.41) is 8.90. The Balaban J connectivity index is 0.00000784. The number of halogens is 1. The van der Waals surface area contributed by atoms with Crippen LogP contribution in [0.25, 0.3) is 0 Å². The monoisotopic (exact) mass is 471 g/mol. The summed E-state index contributed by atoms with van der Waals surface area (Å²) < 4.78 is 8.19. The SMILES string of the molecule is CCCC[N+](CCCCCCOc1ccc(C(=O)O)cc1)=C(N(C)C)N(C)C.[Br-]. The summed E-state index contributed by atoms with van der Waals surface area (Å²) in [5.74, 6) is 1.08. The van der Waals surface area contributed by atoms with E-state index in [1.165, 1.54) is 31.6 Å². The number of benzene rings is 1. The maximum atomic E-state index is 10.8. The third-order valence-corrected chi connectivity index (χ3v) is 4.56. The van der Waals surface area contributed by atoms with E-state index in [2.05, 4.69) is 49.5 Å². The first-order valence-corrected chi connectivity index (χ1v) is 10.3. The molecule has 1 aromatic rings. The number of hydrogen-bond acceptors (Lipinski definition) is 2. The van der Waals surface area contributed by atoms with E-state index in [1.54, 1.807) is 24.3 Å². The smallest absolute Gasteiger partial charge is 0.349 e. The molecule has 166 valence electrons. The van der Waals surface area contributed by atoms with E-state index >= 15 is 0 Å². The van der Waals surface area contributed by atoms with E-state index in [1.807, 2.05) is 0 Å². The Hall–Kier alpha value is -1.76. The molecule has 1 N–H and O–H groups in total. The molecule has 1 aromatic carbocycles. The van der Waals surface area contributed by atoms with Crippen LogP contribution in [0.1, 0.15) is 55.8 Å². The third kappa shape index (κ3) is 10.5. The normalized spacial score (nSPS) is 10.1. The molecule has 0 atom stereocenters. The molecule has 0 aliphatic heterocycles. The van der Waals surface area contributed by atoms with E-state index in [4.69, 9.17) is 9.84 Å². The van der Waals surface area contributed by atoms with Crippen molar-refractivity contribution in [2.24, 2.45) is 0 Å². The van der Waals surface area contributed by atoms with Crippen LogP contribution in [0.15, 0.2) is 24.3 Å². The topological polar surface area (TPSA) is 56.0 Å². The molecule has 0 aliphatic carbocycles. The van der Waals surface area contributed by atoms with Crippen LogP contribution in [-0.4, -0.2) is 79.3 Å². The highest BCUT2D eigenvalue weighted by atomic mass is 79.9. The van der Waals surface area contributed by atoms with Crippen LogP contribution in [0, 0.1) is 0 Å². The first-order valence-electron chi connectivity index (χ1n) is 10.3. The van der Waals surface area contributed by atoms with Crippen LogP contribution < -0.4 is 21.7 Å². The van der Waals surface area contributed by atoms with Gasteiger partial charge in [0.15, 0.2) is 0 Å². The summed E-state index contributed by atoms with van der Waals surface area (Å²) in [6, 6.07) is 6.59. The Kier molecular flexibility index (Phi) is 14.2.